The number of nitrogen functional groups attached to an aromatic ring is 2. The summed E-state index contributed by atoms with van der Waals surface area (Å²) in [4.78, 5) is 9.07. The van der Waals surface area contributed by atoms with Gasteiger partial charge in [-0.05, 0) is 54.1 Å². The van der Waals surface area contributed by atoms with E-state index in [1.165, 1.54) is 12.1 Å². The summed E-state index contributed by atoms with van der Waals surface area (Å²) in [6.07, 6.45) is 1.78. The molecule has 0 atom stereocenters. The molecule has 0 saturated carbocycles. The van der Waals surface area contributed by atoms with Crippen LogP contribution in [0.3, 0.4) is 0 Å². The van der Waals surface area contributed by atoms with Gasteiger partial charge in [-0.2, -0.15) is 5.10 Å². The van der Waals surface area contributed by atoms with Crippen molar-refractivity contribution < 1.29 is 4.39 Å². The fraction of sp³-hybridized carbons (Fsp3) is 0.0455. The highest BCUT2D eigenvalue weighted by molar-refractivity contribution is 5.92. The lowest BCUT2D eigenvalue weighted by molar-refractivity contribution is 0.621. The Bertz CT molecular complexity index is 1370. The number of nitrogens with zero attached hydrogens (tertiary/aromatic N) is 4. The van der Waals surface area contributed by atoms with E-state index in [0.717, 1.165) is 32.9 Å². The third-order valence-electron chi connectivity index (χ3n) is 4.87. The number of fused-ring (bicyclic) bond motifs is 2. The molecular formula is C22H17FN6. The first-order valence-corrected chi connectivity index (χ1v) is 9.10. The fourth-order valence-corrected chi connectivity index (χ4v) is 3.46. The van der Waals surface area contributed by atoms with Crippen LogP contribution in [0.4, 0.5) is 15.9 Å². The molecule has 0 amide bonds. The molecule has 5 rings (SSSR count). The normalized spacial score (nSPS) is 11.3. The first-order valence-electron chi connectivity index (χ1n) is 9.10. The predicted octanol–water partition coefficient (Wildman–Crippen LogP) is 4.00. The minimum Gasteiger partial charge on any atom is -0.399 e. The van der Waals surface area contributed by atoms with Gasteiger partial charge in [0.25, 0.3) is 0 Å². The topological polar surface area (TPSA) is 95.6 Å². The Morgan fingerprint density at radius 3 is 2.69 bits per heavy atom. The monoisotopic (exact) mass is 384 g/mol. The van der Waals surface area contributed by atoms with Crippen molar-refractivity contribution in [2.24, 2.45) is 0 Å². The van der Waals surface area contributed by atoms with Crippen molar-refractivity contribution in [3.05, 3.63) is 78.2 Å². The molecule has 7 heteroatoms. The van der Waals surface area contributed by atoms with E-state index in [4.69, 9.17) is 11.5 Å². The van der Waals surface area contributed by atoms with Gasteiger partial charge in [0.2, 0.25) is 0 Å². The molecule has 142 valence electrons. The van der Waals surface area contributed by atoms with Crippen LogP contribution in [0.5, 0.6) is 0 Å². The minimum atomic E-state index is -0.256. The Labute approximate surface area is 165 Å². The van der Waals surface area contributed by atoms with Crippen LogP contribution in [0.2, 0.25) is 0 Å². The molecule has 0 unspecified atom stereocenters. The van der Waals surface area contributed by atoms with Crippen molar-refractivity contribution in [1.82, 2.24) is 19.7 Å². The van der Waals surface area contributed by atoms with Crippen LogP contribution < -0.4 is 11.5 Å². The zero-order valence-corrected chi connectivity index (χ0v) is 15.4. The van der Waals surface area contributed by atoms with Gasteiger partial charge in [0.15, 0.2) is 5.82 Å². The Hall–Kier alpha value is -4.00. The van der Waals surface area contributed by atoms with E-state index in [0.29, 0.717) is 23.9 Å². The highest BCUT2D eigenvalue weighted by Gasteiger charge is 2.11. The molecule has 2 aromatic heterocycles. The van der Waals surface area contributed by atoms with Gasteiger partial charge in [0.1, 0.15) is 11.6 Å². The molecule has 0 aliphatic heterocycles. The maximum atomic E-state index is 13.5. The molecule has 0 radical (unpaired) electrons. The van der Waals surface area contributed by atoms with E-state index in [1.807, 2.05) is 35.0 Å². The Kier molecular flexibility index (Phi) is 3.87. The van der Waals surface area contributed by atoms with Gasteiger partial charge in [-0.15, -0.1) is 0 Å². The Morgan fingerprint density at radius 1 is 0.931 bits per heavy atom. The van der Waals surface area contributed by atoms with Gasteiger partial charge in [-0.1, -0.05) is 12.1 Å². The zero-order chi connectivity index (χ0) is 20.0. The van der Waals surface area contributed by atoms with Crippen LogP contribution in [0, 0.1) is 5.82 Å². The van der Waals surface area contributed by atoms with Crippen molar-refractivity contribution in [1.29, 1.82) is 0 Å². The van der Waals surface area contributed by atoms with Crippen LogP contribution in [-0.2, 0) is 6.54 Å². The zero-order valence-electron chi connectivity index (χ0n) is 15.4. The molecule has 3 aromatic carbocycles. The molecule has 29 heavy (non-hydrogen) atoms. The van der Waals surface area contributed by atoms with Gasteiger partial charge in [-0.25, -0.2) is 14.4 Å². The SMILES string of the molecule is Nc1ccc2nc(-c3ccc4c(cnn4Cc4cccc(F)c4)c3)nc(N)c2c1. The molecule has 5 aromatic rings. The van der Waals surface area contributed by atoms with Gasteiger partial charge in [-0.3, -0.25) is 4.68 Å². The van der Waals surface area contributed by atoms with E-state index < -0.39 is 0 Å². The Balaban J connectivity index is 1.54. The molecule has 6 nitrogen and oxygen atoms in total. The fourth-order valence-electron chi connectivity index (χ4n) is 3.46. The number of rotatable bonds is 3. The summed E-state index contributed by atoms with van der Waals surface area (Å²) in [5.74, 6) is 0.674. The number of aromatic nitrogens is 4. The second kappa shape index (κ2) is 6.56. The average Bonchev–Trinajstić information content (AvgIpc) is 3.10. The lowest BCUT2D eigenvalue weighted by Crippen LogP contribution is -2.01. The van der Waals surface area contributed by atoms with Crippen molar-refractivity contribution >= 4 is 33.3 Å². The van der Waals surface area contributed by atoms with Gasteiger partial charge in [0, 0.05) is 22.0 Å². The molecule has 0 aliphatic rings. The third-order valence-corrected chi connectivity index (χ3v) is 4.87. The number of hydrogen-bond donors (Lipinski definition) is 2. The second-order valence-electron chi connectivity index (χ2n) is 6.91. The molecule has 0 spiro atoms. The van der Waals surface area contributed by atoms with Crippen LogP contribution in [-0.4, -0.2) is 19.7 Å². The first kappa shape index (κ1) is 17.1. The maximum absolute atomic E-state index is 13.5. The van der Waals surface area contributed by atoms with Crippen molar-refractivity contribution in [3.8, 4) is 11.4 Å². The summed E-state index contributed by atoms with van der Waals surface area (Å²) in [6, 6.07) is 17.8. The smallest absolute Gasteiger partial charge is 0.162 e. The summed E-state index contributed by atoms with van der Waals surface area (Å²) >= 11 is 0. The van der Waals surface area contributed by atoms with E-state index in [1.54, 1.807) is 24.4 Å². The largest absolute Gasteiger partial charge is 0.399 e. The average molecular weight is 384 g/mol. The summed E-state index contributed by atoms with van der Waals surface area (Å²) in [5.41, 5.74) is 15.9. The van der Waals surface area contributed by atoms with Crippen LogP contribution in [0.15, 0.2) is 66.9 Å². The first-order chi connectivity index (χ1) is 14.1. The summed E-state index contributed by atoms with van der Waals surface area (Å²) in [7, 11) is 0. The molecule has 0 saturated heterocycles. The third kappa shape index (κ3) is 3.12. The van der Waals surface area contributed by atoms with Crippen LogP contribution >= 0.6 is 0 Å². The number of halogens is 1. The van der Waals surface area contributed by atoms with E-state index in [9.17, 15) is 4.39 Å². The van der Waals surface area contributed by atoms with Crippen molar-refractivity contribution in [2.45, 2.75) is 6.54 Å². The van der Waals surface area contributed by atoms with Gasteiger partial charge in [0.05, 0.1) is 23.8 Å². The van der Waals surface area contributed by atoms with Gasteiger partial charge < -0.3 is 11.5 Å². The van der Waals surface area contributed by atoms with Crippen molar-refractivity contribution in [2.75, 3.05) is 11.5 Å². The molecule has 0 bridgehead atoms. The number of nitrogens with two attached hydrogens (primary N) is 2. The maximum Gasteiger partial charge on any atom is 0.162 e. The quantitative estimate of drug-likeness (QED) is 0.459. The molecule has 2 heterocycles. The van der Waals surface area contributed by atoms with Crippen LogP contribution in [0.1, 0.15) is 5.56 Å². The lowest BCUT2D eigenvalue weighted by atomic mass is 10.1. The molecule has 0 fully saturated rings. The molecular weight excluding hydrogens is 367 g/mol. The Morgan fingerprint density at radius 2 is 1.83 bits per heavy atom. The summed E-state index contributed by atoms with van der Waals surface area (Å²) in [5, 5.41) is 6.12. The molecule has 4 N–H and O–H groups in total. The predicted molar refractivity (Wildman–Crippen MR) is 113 cm³/mol. The highest BCUT2D eigenvalue weighted by atomic mass is 19.1. The van der Waals surface area contributed by atoms with Crippen LogP contribution in [0.25, 0.3) is 33.2 Å². The minimum absolute atomic E-state index is 0.256. The van der Waals surface area contributed by atoms with Gasteiger partial charge >= 0.3 is 0 Å². The van der Waals surface area contributed by atoms with E-state index in [2.05, 4.69) is 15.1 Å². The van der Waals surface area contributed by atoms with E-state index in [-0.39, 0.29) is 5.82 Å². The van der Waals surface area contributed by atoms with Crippen molar-refractivity contribution in [3.63, 3.8) is 0 Å². The standard InChI is InChI=1S/C22H17FN6/c23-16-3-1-2-13(8-16)12-29-20-7-4-14(9-15(20)11-26-29)22-27-19-6-5-17(24)10-18(19)21(25)28-22/h1-11H,12,24H2,(H2,25,27,28). The highest BCUT2D eigenvalue weighted by Crippen LogP contribution is 2.27. The molecule has 0 aliphatic carbocycles. The number of hydrogen-bond acceptors (Lipinski definition) is 5. The lowest BCUT2D eigenvalue weighted by Gasteiger charge is -2.07. The summed E-state index contributed by atoms with van der Waals surface area (Å²) in [6.45, 7) is 0.488. The number of benzene rings is 3. The summed E-state index contributed by atoms with van der Waals surface area (Å²) < 4.78 is 15.3. The number of anilines is 2. The van der Waals surface area contributed by atoms with E-state index >= 15 is 0 Å². The second-order valence-corrected chi connectivity index (χ2v) is 6.91.